The summed E-state index contributed by atoms with van der Waals surface area (Å²) in [6.45, 7) is 5.50. The topological polar surface area (TPSA) is 63.1 Å². The first-order valence-electron chi connectivity index (χ1n) is 8.86. The van der Waals surface area contributed by atoms with E-state index in [-0.39, 0.29) is 36.8 Å². The molecule has 8 heteroatoms. The molecule has 152 valence electrons. The molecule has 2 heterocycles. The number of pyridine rings is 1. The highest BCUT2D eigenvalue weighted by Gasteiger charge is 2.20. The average Bonchev–Trinajstić information content (AvgIpc) is 3.09. The van der Waals surface area contributed by atoms with Crippen molar-refractivity contribution in [2.45, 2.75) is 19.9 Å². The van der Waals surface area contributed by atoms with Crippen LogP contribution in [0.25, 0.3) is 22.3 Å². The molecule has 1 aromatic carbocycles. The second-order valence-electron chi connectivity index (χ2n) is 6.67. The molecule has 3 aromatic rings. The lowest BCUT2D eigenvalue weighted by Gasteiger charge is -2.18. The smallest absolute Gasteiger partial charge is 0.254 e. The second kappa shape index (κ2) is 10.4. The van der Waals surface area contributed by atoms with Crippen LogP contribution in [0.1, 0.15) is 30.2 Å². The van der Waals surface area contributed by atoms with Crippen molar-refractivity contribution in [1.82, 2.24) is 25.0 Å². The van der Waals surface area contributed by atoms with Crippen molar-refractivity contribution in [3.8, 4) is 11.3 Å². The van der Waals surface area contributed by atoms with Crippen LogP contribution in [0.3, 0.4) is 0 Å². The van der Waals surface area contributed by atoms with Crippen LogP contribution in [0.5, 0.6) is 0 Å². The van der Waals surface area contributed by atoms with Gasteiger partial charge in [0.15, 0.2) is 5.65 Å². The van der Waals surface area contributed by atoms with Gasteiger partial charge in [-0.2, -0.15) is 5.10 Å². The van der Waals surface area contributed by atoms with E-state index >= 15 is 0 Å². The Morgan fingerprint density at radius 1 is 1.21 bits per heavy atom. The van der Waals surface area contributed by atoms with Crippen molar-refractivity contribution in [2.24, 2.45) is 0 Å². The molecule has 28 heavy (non-hydrogen) atoms. The lowest BCUT2D eigenvalue weighted by Crippen LogP contribution is -2.33. The van der Waals surface area contributed by atoms with E-state index in [2.05, 4.69) is 24.3 Å². The number of benzene rings is 1. The Morgan fingerprint density at radius 2 is 1.89 bits per heavy atom. The number of aromatic nitrogens is 3. The van der Waals surface area contributed by atoms with Gasteiger partial charge in [0.25, 0.3) is 5.91 Å². The highest BCUT2D eigenvalue weighted by molar-refractivity contribution is 6.06. The highest BCUT2D eigenvalue weighted by Crippen LogP contribution is 2.27. The summed E-state index contributed by atoms with van der Waals surface area (Å²) in [4.78, 5) is 19.6. The molecule has 0 radical (unpaired) electrons. The molecular formula is C20H27Cl2N5O. The number of fused-ring (bicyclic) bond motifs is 1. The molecule has 1 N–H and O–H groups in total. The molecular weight excluding hydrogens is 397 g/mol. The summed E-state index contributed by atoms with van der Waals surface area (Å²) in [6.07, 6.45) is 1.75. The molecule has 0 aliphatic carbocycles. The summed E-state index contributed by atoms with van der Waals surface area (Å²) in [5, 5.41) is 8.33. The van der Waals surface area contributed by atoms with Crippen LogP contribution in [0.4, 0.5) is 0 Å². The number of halogens is 2. The third-order valence-corrected chi connectivity index (χ3v) is 4.40. The van der Waals surface area contributed by atoms with Gasteiger partial charge in [0.2, 0.25) is 0 Å². The lowest BCUT2D eigenvalue weighted by atomic mass is 10.1. The van der Waals surface area contributed by atoms with Gasteiger partial charge in [-0.1, -0.05) is 30.3 Å². The van der Waals surface area contributed by atoms with Gasteiger partial charge in [0.05, 0.1) is 22.8 Å². The van der Waals surface area contributed by atoms with Gasteiger partial charge in [-0.25, -0.2) is 9.67 Å². The van der Waals surface area contributed by atoms with Crippen LogP contribution in [0.15, 0.2) is 42.6 Å². The number of likely N-dealkylation sites (N-methyl/N-ethyl adjacent to an activating group) is 2. The average molecular weight is 424 g/mol. The van der Waals surface area contributed by atoms with Crippen LogP contribution in [0.2, 0.25) is 0 Å². The second-order valence-corrected chi connectivity index (χ2v) is 6.67. The van der Waals surface area contributed by atoms with Gasteiger partial charge >= 0.3 is 0 Å². The minimum Gasteiger partial charge on any atom is -0.340 e. The zero-order chi connectivity index (χ0) is 18.7. The molecule has 2 aromatic heterocycles. The SMILES string of the molecule is CNCCN(C)C(=O)c1cc(-c2ccccc2)nc2c1cnn2C(C)C.Cl.Cl. The molecule has 6 nitrogen and oxygen atoms in total. The first kappa shape index (κ1) is 23.9. The zero-order valence-electron chi connectivity index (χ0n) is 16.5. The van der Waals surface area contributed by atoms with E-state index in [0.717, 1.165) is 28.8 Å². The number of amides is 1. The zero-order valence-corrected chi connectivity index (χ0v) is 18.2. The number of carbonyl (C=O) groups is 1. The molecule has 0 fully saturated rings. The van der Waals surface area contributed by atoms with E-state index in [4.69, 9.17) is 4.98 Å². The van der Waals surface area contributed by atoms with E-state index < -0.39 is 0 Å². The van der Waals surface area contributed by atoms with Crippen molar-refractivity contribution in [1.29, 1.82) is 0 Å². The number of nitrogens with one attached hydrogen (secondary N) is 1. The van der Waals surface area contributed by atoms with Crippen molar-refractivity contribution in [2.75, 3.05) is 27.2 Å². The molecule has 0 bridgehead atoms. The molecule has 3 rings (SSSR count). The molecule has 0 unspecified atom stereocenters. The Kier molecular flexibility index (Phi) is 8.88. The fourth-order valence-electron chi connectivity index (χ4n) is 2.92. The normalized spacial score (nSPS) is 10.5. The monoisotopic (exact) mass is 423 g/mol. The number of rotatable bonds is 6. The standard InChI is InChI=1S/C20H25N5O.2ClH/c1-14(2)25-19-17(13-22-25)16(20(26)24(4)11-10-21-3)12-18(23-19)15-8-6-5-7-9-15;;/h5-9,12-14,21H,10-11H2,1-4H3;2*1H. The fraction of sp³-hybridized carbons (Fsp3) is 0.350. The first-order chi connectivity index (χ1) is 12.5. The quantitative estimate of drug-likeness (QED) is 0.654. The molecule has 0 aliphatic rings. The largest absolute Gasteiger partial charge is 0.340 e. The molecule has 0 saturated heterocycles. The van der Waals surface area contributed by atoms with Crippen molar-refractivity contribution >= 4 is 41.8 Å². The van der Waals surface area contributed by atoms with Gasteiger partial charge in [0.1, 0.15) is 0 Å². The maximum atomic E-state index is 13.1. The van der Waals surface area contributed by atoms with Gasteiger partial charge in [0, 0.05) is 31.7 Å². The Hall–Kier alpha value is -2.15. The first-order valence-corrected chi connectivity index (χ1v) is 8.86. The van der Waals surface area contributed by atoms with Crippen LogP contribution in [-0.4, -0.2) is 52.8 Å². The fourth-order valence-corrected chi connectivity index (χ4v) is 2.92. The van der Waals surface area contributed by atoms with Gasteiger partial charge in [-0.3, -0.25) is 4.79 Å². The number of hydrogen-bond donors (Lipinski definition) is 1. The third-order valence-electron chi connectivity index (χ3n) is 4.40. The van der Waals surface area contributed by atoms with Crippen LogP contribution < -0.4 is 5.32 Å². The van der Waals surface area contributed by atoms with Crippen molar-refractivity contribution in [3.63, 3.8) is 0 Å². The predicted octanol–water partition coefficient (Wildman–Crippen LogP) is 3.81. The molecule has 0 atom stereocenters. The highest BCUT2D eigenvalue weighted by atomic mass is 35.5. The van der Waals surface area contributed by atoms with E-state index in [0.29, 0.717) is 12.1 Å². The van der Waals surface area contributed by atoms with E-state index in [1.165, 1.54) is 0 Å². The van der Waals surface area contributed by atoms with Crippen LogP contribution in [-0.2, 0) is 0 Å². The minimum absolute atomic E-state index is 0. The summed E-state index contributed by atoms with van der Waals surface area (Å²) >= 11 is 0. The number of nitrogens with zero attached hydrogens (tertiary/aromatic N) is 4. The van der Waals surface area contributed by atoms with Gasteiger partial charge in [-0.15, -0.1) is 24.8 Å². The number of carbonyl (C=O) groups excluding carboxylic acids is 1. The molecule has 0 spiro atoms. The van der Waals surface area contributed by atoms with E-state index in [1.54, 1.807) is 11.1 Å². The number of hydrogen-bond acceptors (Lipinski definition) is 4. The Morgan fingerprint density at radius 3 is 2.50 bits per heavy atom. The maximum Gasteiger partial charge on any atom is 0.254 e. The van der Waals surface area contributed by atoms with E-state index in [1.807, 2.05) is 55.2 Å². The van der Waals surface area contributed by atoms with Gasteiger partial charge < -0.3 is 10.2 Å². The Bertz CT molecular complexity index is 912. The summed E-state index contributed by atoms with van der Waals surface area (Å²) in [7, 11) is 3.70. The summed E-state index contributed by atoms with van der Waals surface area (Å²) in [5.74, 6) is -0.0202. The Balaban J connectivity index is 0.00000196. The minimum atomic E-state index is -0.0202. The molecule has 0 aliphatic heterocycles. The lowest BCUT2D eigenvalue weighted by molar-refractivity contribution is 0.0798. The van der Waals surface area contributed by atoms with Crippen molar-refractivity contribution < 1.29 is 4.79 Å². The van der Waals surface area contributed by atoms with Crippen LogP contribution >= 0.6 is 24.8 Å². The molecule has 1 amide bonds. The summed E-state index contributed by atoms with van der Waals surface area (Å²) in [6, 6.07) is 12.0. The van der Waals surface area contributed by atoms with Gasteiger partial charge in [-0.05, 0) is 27.0 Å². The third kappa shape index (κ3) is 4.82. The van der Waals surface area contributed by atoms with E-state index in [9.17, 15) is 4.79 Å². The Labute approximate surface area is 178 Å². The summed E-state index contributed by atoms with van der Waals surface area (Å²) in [5.41, 5.74) is 3.15. The molecule has 0 saturated carbocycles. The summed E-state index contributed by atoms with van der Waals surface area (Å²) < 4.78 is 1.87. The predicted molar refractivity (Wildman–Crippen MR) is 119 cm³/mol. The van der Waals surface area contributed by atoms with Crippen molar-refractivity contribution in [3.05, 3.63) is 48.2 Å². The maximum absolute atomic E-state index is 13.1. The van der Waals surface area contributed by atoms with Crippen LogP contribution in [0, 0.1) is 0 Å².